The third-order valence-corrected chi connectivity index (χ3v) is 3.64. The summed E-state index contributed by atoms with van der Waals surface area (Å²) in [6.45, 7) is 5.11. The number of carbonyl (C=O) groups is 1. The third kappa shape index (κ3) is 4.33. The first-order chi connectivity index (χ1) is 9.15. The minimum Gasteiger partial charge on any atom is -0.325 e. The van der Waals surface area contributed by atoms with E-state index in [1.807, 2.05) is 37.3 Å². The zero-order valence-electron chi connectivity index (χ0n) is 11.7. The van der Waals surface area contributed by atoms with Gasteiger partial charge in [0.05, 0.1) is 6.04 Å². The van der Waals surface area contributed by atoms with E-state index >= 15 is 0 Å². The Bertz CT molecular complexity index is 407. The fraction of sp³-hybridized carbons (Fsp3) is 0.533. The molecule has 1 aliphatic rings. The average Bonchev–Trinajstić information content (AvgIpc) is 2.83. The van der Waals surface area contributed by atoms with Crippen LogP contribution < -0.4 is 10.6 Å². The lowest BCUT2D eigenvalue weighted by Gasteiger charge is -2.17. The number of para-hydroxylation sites is 1. The molecule has 0 saturated carbocycles. The van der Waals surface area contributed by atoms with Crippen LogP contribution in [0.3, 0.4) is 0 Å². The second kappa shape index (κ2) is 6.68. The van der Waals surface area contributed by atoms with Crippen LogP contribution in [0.1, 0.15) is 13.3 Å². The first kappa shape index (κ1) is 14.0. The minimum atomic E-state index is -0.161. The number of hydrogen-bond acceptors (Lipinski definition) is 3. The molecule has 2 atom stereocenters. The smallest absolute Gasteiger partial charge is 0.241 e. The number of amides is 1. The van der Waals surface area contributed by atoms with Gasteiger partial charge in [0.1, 0.15) is 0 Å². The number of carbonyl (C=O) groups excluding carboxylic acids is 1. The molecule has 2 N–H and O–H groups in total. The Balaban J connectivity index is 1.73. The summed E-state index contributed by atoms with van der Waals surface area (Å²) in [7, 11) is 2.14. The van der Waals surface area contributed by atoms with Crippen LogP contribution in [-0.2, 0) is 4.79 Å². The Morgan fingerprint density at radius 1 is 1.42 bits per heavy atom. The van der Waals surface area contributed by atoms with Crippen molar-refractivity contribution < 1.29 is 4.79 Å². The van der Waals surface area contributed by atoms with Crippen LogP contribution in [0.4, 0.5) is 5.69 Å². The fourth-order valence-corrected chi connectivity index (χ4v) is 2.40. The van der Waals surface area contributed by atoms with Crippen molar-refractivity contribution in [2.75, 3.05) is 32.0 Å². The lowest BCUT2D eigenvalue weighted by Crippen LogP contribution is -2.40. The maximum Gasteiger partial charge on any atom is 0.241 e. The molecule has 1 heterocycles. The van der Waals surface area contributed by atoms with Gasteiger partial charge in [-0.3, -0.25) is 4.79 Å². The van der Waals surface area contributed by atoms with E-state index in [2.05, 4.69) is 22.6 Å². The Labute approximate surface area is 115 Å². The second-order valence-electron chi connectivity index (χ2n) is 5.40. The molecule has 19 heavy (non-hydrogen) atoms. The summed E-state index contributed by atoms with van der Waals surface area (Å²) in [5, 5.41) is 6.24. The van der Waals surface area contributed by atoms with E-state index in [4.69, 9.17) is 0 Å². The molecule has 4 heteroatoms. The van der Waals surface area contributed by atoms with Gasteiger partial charge in [0.15, 0.2) is 0 Å². The van der Waals surface area contributed by atoms with Crippen LogP contribution in [0.2, 0.25) is 0 Å². The highest BCUT2D eigenvalue weighted by atomic mass is 16.2. The van der Waals surface area contributed by atoms with E-state index in [0.29, 0.717) is 5.92 Å². The molecule has 2 unspecified atom stereocenters. The molecule has 1 amide bonds. The molecule has 1 aromatic carbocycles. The van der Waals surface area contributed by atoms with Crippen LogP contribution in [0.5, 0.6) is 0 Å². The quantitative estimate of drug-likeness (QED) is 0.845. The third-order valence-electron chi connectivity index (χ3n) is 3.64. The number of rotatable bonds is 5. The average molecular weight is 261 g/mol. The van der Waals surface area contributed by atoms with Crippen LogP contribution in [0, 0.1) is 5.92 Å². The van der Waals surface area contributed by atoms with E-state index < -0.39 is 0 Å². The second-order valence-corrected chi connectivity index (χ2v) is 5.40. The molecule has 4 nitrogen and oxygen atoms in total. The zero-order valence-corrected chi connectivity index (χ0v) is 11.7. The van der Waals surface area contributed by atoms with E-state index in [1.165, 1.54) is 6.42 Å². The predicted octanol–water partition coefficient (Wildman–Crippen LogP) is 1.55. The fourth-order valence-electron chi connectivity index (χ4n) is 2.40. The molecule has 1 aromatic rings. The molecule has 1 fully saturated rings. The molecule has 0 spiro atoms. The van der Waals surface area contributed by atoms with Gasteiger partial charge in [-0.25, -0.2) is 0 Å². The van der Waals surface area contributed by atoms with Crippen LogP contribution in [-0.4, -0.2) is 43.5 Å². The molecule has 0 radical (unpaired) electrons. The van der Waals surface area contributed by atoms with Crippen LogP contribution >= 0.6 is 0 Å². The summed E-state index contributed by atoms with van der Waals surface area (Å²) < 4.78 is 0. The number of benzene rings is 1. The van der Waals surface area contributed by atoms with Gasteiger partial charge in [0.2, 0.25) is 5.91 Å². The van der Waals surface area contributed by atoms with Crippen molar-refractivity contribution in [3.8, 4) is 0 Å². The van der Waals surface area contributed by atoms with E-state index in [1.54, 1.807) is 0 Å². The zero-order chi connectivity index (χ0) is 13.7. The van der Waals surface area contributed by atoms with Gasteiger partial charge in [-0.2, -0.15) is 0 Å². The Morgan fingerprint density at radius 3 is 2.79 bits per heavy atom. The van der Waals surface area contributed by atoms with Gasteiger partial charge in [-0.15, -0.1) is 0 Å². The normalized spacial score (nSPS) is 21.3. The summed E-state index contributed by atoms with van der Waals surface area (Å²) in [6, 6.07) is 9.41. The first-order valence-electron chi connectivity index (χ1n) is 6.93. The molecule has 0 bridgehead atoms. The minimum absolute atomic E-state index is 0.0255. The highest BCUT2D eigenvalue weighted by Gasteiger charge is 2.21. The monoisotopic (exact) mass is 261 g/mol. The Hall–Kier alpha value is -1.39. The lowest BCUT2D eigenvalue weighted by atomic mass is 10.1. The number of anilines is 1. The van der Waals surface area contributed by atoms with Gasteiger partial charge in [0, 0.05) is 12.2 Å². The maximum absolute atomic E-state index is 12.0. The van der Waals surface area contributed by atoms with Gasteiger partial charge < -0.3 is 15.5 Å². The van der Waals surface area contributed by atoms with Crippen molar-refractivity contribution >= 4 is 11.6 Å². The lowest BCUT2D eigenvalue weighted by molar-refractivity contribution is -0.117. The summed E-state index contributed by atoms with van der Waals surface area (Å²) in [5.41, 5.74) is 0.849. The van der Waals surface area contributed by atoms with Gasteiger partial charge in [0.25, 0.3) is 0 Å². The van der Waals surface area contributed by atoms with Crippen molar-refractivity contribution in [2.45, 2.75) is 19.4 Å². The van der Waals surface area contributed by atoms with Crippen molar-refractivity contribution in [1.82, 2.24) is 10.2 Å². The highest BCUT2D eigenvalue weighted by Crippen LogP contribution is 2.13. The van der Waals surface area contributed by atoms with Gasteiger partial charge >= 0.3 is 0 Å². The van der Waals surface area contributed by atoms with E-state index in [9.17, 15) is 4.79 Å². The van der Waals surface area contributed by atoms with Crippen molar-refractivity contribution in [1.29, 1.82) is 0 Å². The molecule has 1 aliphatic heterocycles. The summed E-state index contributed by atoms with van der Waals surface area (Å²) in [4.78, 5) is 14.3. The van der Waals surface area contributed by atoms with Crippen molar-refractivity contribution in [3.05, 3.63) is 30.3 Å². The van der Waals surface area contributed by atoms with E-state index in [-0.39, 0.29) is 11.9 Å². The van der Waals surface area contributed by atoms with Crippen molar-refractivity contribution in [2.24, 2.45) is 5.92 Å². The summed E-state index contributed by atoms with van der Waals surface area (Å²) in [5.74, 6) is 0.689. The SMILES string of the molecule is CC(NCC1CCN(C)C1)C(=O)Nc1ccccc1. The molecule has 2 rings (SSSR count). The molecular weight excluding hydrogens is 238 g/mol. The predicted molar refractivity (Wildman–Crippen MR) is 78.1 cm³/mol. The van der Waals surface area contributed by atoms with Crippen molar-refractivity contribution in [3.63, 3.8) is 0 Å². The summed E-state index contributed by atoms with van der Waals surface area (Å²) >= 11 is 0. The topological polar surface area (TPSA) is 44.4 Å². The molecule has 0 aliphatic carbocycles. The van der Waals surface area contributed by atoms with Gasteiger partial charge in [-0.05, 0) is 51.5 Å². The molecule has 1 saturated heterocycles. The number of nitrogens with zero attached hydrogens (tertiary/aromatic N) is 1. The first-order valence-corrected chi connectivity index (χ1v) is 6.93. The Morgan fingerprint density at radius 2 is 2.16 bits per heavy atom. The molecule has 104 valence electrons. The highest BCUT2D eigenvalue weighted by molar-refractivity contribution is 5.94. The number of likely N-dealkylation sites (tertiary alicyclic amines) is 1. The molecule has 0 aromatic heterocycles. The maximum atomic E-state index is 12.0. The number of nitrogens with one attached hydrogen (secondary N) is 2. The Kier molecular flexibility index (Phi) is 4.93. The van der Waals surface area contributed by atoms with Gasteiger partial charge in [-0.1, -0.05) is 18.2 Å². The standard InChI is InChI=1S/C15H23N3O/c1-12(16-10-13-8-9-18(2)11-13)15(19)17-14-6-4-3-5-7-14/h3-7,12-13,16H,8-11H2,1-2H3,(H,17,19). The van der Waals surface area contributed by atoms with Crippen LogP contribution in [0.15, 0.2) is 30.3 Å². The van der Waals surface area contributed by atoms with Crippen LogP contribution in [0.25, 0.3) is 0 Å². The molecular formula is C15H23N3O. The summed E-state index contributed by atoms with van der Waals surface area (Å²) in [6.07, 6.45) is 1.22. The number of hydrogen-bond donors (Lipinski definition) is 2. The largest absolute Gasteiger partial charge is 0.325 e. The van der Waals surface area contributed by atoms with E-state index in [0.717, 1.165) is 25.3 Å².